The Labute approximate surface area is 213 Å². The predicted octanol–water partition coefficient (Wildman–Crippen LogP) is 4.07. The summed E-state index contributed by atoms with van der Waals surface area (Å²) in [6, 6.07) is 24.2. The van der Waals surface area contributed by atoms with Crippen LogP contribution in [0.2, 0.25) is 0 Å². The van der Waals surface area contributed by atoms with E-state index in [1.54, 1.807) is 0 Å². The van der Waals surface area contributed by atoms with Gasteiger partial charge in [-0.3, -0.25) is 0 Å². The zero-order chi connectivity index (χ0) is 24.7. The van der Waals surface area contributed by atoms with Crippen LogP contribution < -0.4 is 19.3 Å². The average Bonchev–Trinajstić information content (AvgIpc) is 2.92. The Balaban J connectivity index is 1.05. The van der Waals surface area contributed by atoms with Crippen molar-refractivity contribution < 1.29 is 19.7 Å². The van der Waals surface area contributed by atoms with Crippen molar-refractivity contribution in [1.29, 1.82) is 0 Å². The SMILES string of the molecule is O[C@H](COc1ccc(OC[C@@H](O)CN2CCCc3ccccc32)cc1)CN1CCCc2ccccc21. The molecule has 36 heavy (non-hydrogen) atoms. The number of anilines is 2. The van der Waals surface area contributed by atoms with Crippen LogP contribution in [0.1, 0.15) is 24.0 Å². The van der Waals surface area contributed by atoms with Crippen LogP contribution in [-0.4, -0.2) is 61.8 Å². The Morgan fingerprint density at radius 3 is 1.47 bits per heavy atom. The first-order valence-electron chi connectivity index (χ1n) is 13.0. The number of β-amino-alcohol motifs (C(OH)–C–C–N with tert-alkyl or cyclic N) is 2. The number of hydrogen-bond acceptors (Lipinski definition) is 6. The lowest BCUT2D eigenvalue weighted by Gasteiger charge is -2.32. The van der Waals surface area contributed by atoms with Gasteiger partial charge in [0.05, 0.1) is 0 Å². The van der Waals surface area contributed by atoms with Gasteiger partial charge in [-0.25, -0.2) is 0 Å². The highest BCUT2D eigenvalue weighted by molar-refractivity contribution is 5.56. The molecule has 0 saturated heterocycles. The summed E-state index contributed by atoms with van der Waals surface area (Å²) in [6.07, 6.45) is 3.23. The molecule has 2 aliphatic rings. The van der Waals surface area contributed by atoms with Gasteiger partial charge in [-0.15, -0.1) is 0 Å². The zero-order valence-electron chi connectivity index (χ0n) is 20.8. The van der Waals surface area contributed by atoms with Gasteiger partial charge >= 0.3 is 0 Å². The first kappa shape index (κ1) is 24.5. The number of ether oxygens (including phenoxy) is 2. The fourth-order valence-electron chi connectivity index (χ4n) is 5.23. The molecule has 3 aromatic rings. The Bertz CT molecular complexity index is 1030. The molecule has 0 radical (unpaired) electrons. The third-order valence-corrected chi connectivity index (χ3v) is 6.98. The van der Waals surface area contributed by atoms with Crippen molar-refractivity contribution in [2.75, 3.05) is 49.2 Å². The van der Waals surface area contributed by atoms with Crippen LogP contribution in [0.3, 0.4) is 0 Å². The van der Waals surface area contributed by atoms with E-state index >= 15 is 0 Å². The van der Waals surface area contributed by atoms with Crippen LogP contribution in [0.5, 0.6) is 11.5 Å². The van der Waals surface area contributed by atoms with Gasteiger partial charge in [-0.05, 0) is 73.2 Å². The number of aliphatic hydroxyl groups is 2. The average molecular weight is 489 g/mol. The van der Waals surface area contributed by atoms with Gasteiger partial charge in [-0.1, -0.05) is 36.4 Å². The first-order chi connectivity index (χ1) is 17.7. The van der Waals surface area contributed by atoms with Crippen molar-refractivity contribution in [3.8, 4) is 11.5 Å². The second kappa shape index (κ2) is 11.7. The smallest absolute Gasteiger partial charge is 0.119 e. The summed E-state index contributed by atoms with van der Waals surface area (Å²) < 4.78 is 11.6. The maximum Gasteiger partial charge on any atom is 0.119 e. The lowest BCUT2D eigenvalue weighted by molar-refractivity contribution is 0.110. The molecule has 0 aliphatic carbocycles. The van der Waals surface area contributed by atoms with Gasteiger partial charge in [0.25, 0.3) is 0 Å². The highest BCUT2D eigenvalue weighted by atomic mass is 16.5. The molecule has 0 amide bonds. The highest BCUT2D eigenvalue weighted by Gasteiger charge is 2.20. The molecule has 6 nitrogen and oxygen atoms in total. The van der Waals surface area contributed by atoms with Crippen LogP contribution in [0, 0.1) is 0 Å². The second-order valence-corrected chi connectivity index (χ2v) is 9.76. The number of hydrogen-bond donors (Lipinski definition) is 2. The van der Waals surface area contributed by atoms with E-state index in [2.05, 4.69) is 58.3 Å². The molecule has 2 aliphatic heterocycles. The molecule has 3 aromatic carbocycles. The number of fused-ring (bicyclic) bond motifs is 2. The molecule has 0 fully saturated rings. The number of nitrogens with zero attached hydrogens (tertiary/aromatic N) is 2. The molecule has 0 aromatic heterocycles. The summed E-state index contributed by atoms with van der Waals surface area (Å²) in [6.45, 7) is 3.48. The zero-order valence-corrected chi connectivity index (χ0v) is 20.8. The van der Waals surface area contributed by atoms with Gasteiger partial charge in [0.15, 0.2) is 0 Å². The van der Waals surface area contributed by atoms with Crippen molar-refractivity contribution in [2.24, 2.45) is 0 Å². The molecule has 6 heteroatoms. The van der Waals surface area contributed by atoms with Crippen molar-refractivity contribution >= 4 is 11.4 Å². The topological polar surface area (TPSA) is 65.4 Å². The Morgan fingerprint density at radius 1 is 0.611 bits per heavy atom. The third kappa shape index (κ3) is 6.12. The fraction of sp³-hybridized carbons (Fsp3) is 0.400. The summed E-state index contributed by atoms with van der Waals surface area (Å²) in [4.78, 5) is 4.50. The molecule has 0 saturated carbocycles. The Hall–Kier alpha value is -3.22. The van der Waals surface area contributed by atoms with E-state index in [-0.39, 0.29) is 13.2 Å². The maximum atomic E-state index is 10.6. The maximum absolute atomic E-state index is 10.6. The first-order valence-corrected chi connectivity index (χ1v) is 13.0. The second-order valence-electron chi connectivity index (χ2n) is 9.76. The molecule has 0 bridgehead atoms. The van der Waals surface area contributed by atoms with Crippen molar-refractivity contribution in [2.45, 2.75) is 37.9 Å². The summed E-state index contributed by atoms with van der Waals surface area (Å²) in [5.74, 6) is 1.37. The van der Waals surface area contributed by atoms with Crippen LogP contribution in [0.4, 0.5) is 11.4 Å². The van der Waals surface area contributed by atoms with E-state index in [1.807, 2.05) is 24.3 Å². The summed E-state index contributed by atoms with van der Waals surface area (Å²) in [7, 11) is 0. The lowest BCUT2D eigenvalue weighted by Crippen LogP contribution is -2.38. The minimum absolute atomic E-state index is 0.231. The van der Waals surface area contributed by atoms with Crippen LogP contribution in [0.15, 0.2) is 72.8 Å². The van der Waals surface area contributed by atoms with Gasteiger partial charge < -0.3 is 29.5 Å². The summed E-state index contributed by atoms with van der Waals surface area (Å²) in [5.41, 5.74) is 5.13. The minimum Gasteiger partial charge on any atom is -0.491 e. The molecule has 2 atom stereocenters. The van der Waals surface area contributed by atoms with Gasteiger partial charge in [0.2, 0.25) is 0 Å². The molecule has 0 unspecified atom stereocenters. The third-order valence-electron chi connectivity index (χ3n) is 6.98. The van der Waals surface area contributed by atoms with Crippen molar-refractivity contribution in [3.05, 3.63) is 83.9 Å². The summed E-state index contributed by atoms with van der Waals surface area (Å²) >= 11 is 0. The minimum atomic E-state index is -0.581. The predicted molar refractivity (Wildman–Crippen MR) is 143 cm³/mol. The van der Waals surface area contributed by atoms with Crippen LogP contribution in [0.25, 0.3) is 0 Å². The van der Waals surface area contributed by atoms with E-state index in [4.69, 9.17) is 9.47 Å². The van der Waals surface area contributed by atoms with E-state index in [0.717, 1.165) is 38.8 Å². The van der Waals surface area contributed by atoms with Gasteiger partial charge in [0, 0.05) is 37.6 Å². The quantitative estimate of drug-likeness (QED) is 0.449. The van der Waals surface area contributed by atoms with Crippen LogP contribution in [-0.2, 0) is 12.8 Å². The number of rotatable bonds is 10. The van der Waals surface area contributed by atoms with Crippen molar-refractivity contribution in [1.82, 2.24) is 0 Å². The number of aryl methyl sites for hydroxylation is 2. The lowest BCUT2D eigenvalue weighted by atomic mass is 10.0. The summed E-state index contributed by atoms with van der Waals surface area (Å²) in [5, 5.41) is 21.1. The molecular weight excluding hydrogens is 452 g/mol. The van der Waals surface area contributed by atoms with E-state index in [0.29, 0.717) is 24.6 Å². The number of para-hydroxylation sites is 2. The van der Waals surface area contributed by atoms with E-state index in [1.165, 1.54) is 22.5 Å². The standard InChI is InChI=1S/C30H36N2O4/c33-25(19-31-17-5-9-23-7-1-3-11-29(23)31)21-35-27-13-15-28(16-14-27)36-22-26(34)20-32-18-6-10-24-8-2-4-12-30(24)32/h1-4,7-8,11-16,25-26,33-34H,5-6,9-10,17-22H2/t25-,26-/m0/s1. The largest absolute Gasteiger partial charge is 0.491 e. The fourth-order valence-corrected chi connectivity index (χ4v) is 5.23. The highest BCUT2D eigenvalue weighted by Crippen LogP contribution is 2.28. The van der Waals surface area contributed by atoms with Gasteiger partial charge in [-0.2, -0.15) is 0 Å². The Morgan fingerprint density at radius 2 is 1.03 bits per heavy atom. The Kier molecular flexibility index (Phi) is 7.94. The number of aliphatic hydroxyl groups excluding tert-OH is 2. The molecule has 190 valence electrons. The molecule has 5 rings (SSSR count). The normalized spacial score (nSPS) is 16.6. The van der Waals surface area contributed by atoms with Gasteiger partial charge in [0.1, 0.15) is 36.9 Å². The molecular formula is C30H36N2O4. The van der Waals surface area contributed by atoms with Crippen LogP contribution >= 0.6 is 0 Å². The molecule has 0 spiro atoms. The van der Waals surface area contributed by atoms with E-state index in [9.17, 15) is 10.2 Å². The van der Waals surface area contributed by atoms with E-state index < -0.39 is 12.2 Å². The van der Waals surface area contributed by atoms with Crippen molar-refractivity contribution in [3.63, 3.8) is 0 Å². The molecule has 2 N–H and O–H groups in total. The molecule has 2 heterocycles. The number of benzene rings is 3. The monoisotopic (exact) mass is 488 g/mol.